The van der Waals surface area contributed by atoms with Crippen molar-refractivity contribution < 1.29 is 4.74 Å². The minimum atomic E-state index is -0.0686. The van der Waals surface area contributed by atoms with Gasteiger partial charge in [0.15, 0.2) is 0 Å². The van der Waals surface area contributed by atoms with Gasteiger partial charge < -0.3 is 10.5 Å². The first-order valence-corrected chi connectivity index (χ1v) is 6.72. The summed E-state index contributed by atoms with van der Waals surface area (Å²) in [5.41, 5.74) is 7.87. The zero-order valence-electron chi connectivity index (χ0n) is 11.1. The molecule has 0 radical (unpaired) electrons. The molecule has 0 aromatic heterocycles. The molecule has 3 nitrogen and oxygen atoms in total. The van der Waals surface area contributed by atoms with Gasteiger partial charge in [-0.05, 0) is 49.2 Å². The summed E-state index contributed by atoms with van der Waals surface area (Å²) in [6.07, 6.45) is 0. The number of hydrogen-bond acceptors (Lipinski definition) is 2. The molecule has 0 atom stereocenters. The Balaban J connectivity index is 2.50. The van der Waals surface area contributed by atoms with Crippen molar-refractivity contribution in [2.24, 2.45) is 5.73 Å². The summed E-state index contributed by atoms with van der Waals surface area (Å²) in [4.78, 5) is 0. The fourth-order valence-electron chi connectivity index (χ4n) is 1.97. The lowest BCUT2D eigenvalue weighted by Crippen LogP contribution is -2.12. The van der Waals surface area contributed by atoms with Crippen LogP contribution in [0.5, 0.6) is 11.5 Å². The van der Waals surface area contributed by atoms with E-state index in [4.69, 9.17) is 39.1 Å². The van der Waals surface area contributed by atoms with E-state index in [0.717, 1.165) is 11.1 Å². The van der Waals surface area contributed by atoms with Crippen LogP contribution < -0.4 is 10.5 Å². The number of halogens is 2. The maximum Gasteiger partial charge on any atom is 0.139 e. The van der Waals surface area contributed by atoms with Crippen LogP contribution in [0.2, 0.25) is 10.0 Å². The average Bonchev–Trinajstić information content (AvgIpc) is 2.33. The maximum absolute atomic E-state index is 7.59. The Morgan fingerprint density at radius 2 is 1.65 bits per heavy atom. The highest BCUT2D eigenvalue weighted by molar-refractivity contribution is 6.31. The number of aryl methyl sites for hydroxylation is 2. The number of benzene rings is 2. The van der Waals surface area contributed by atoms with Crippen LogP contribution in [0, 0.1) is 19.3 Å². The molecule has 0 heterocycles. The second-order valence-corrected chi connectivity index (χ2v) is 5.40. The Bertz CT molecular complexity index is 661. The minimum absolute atomic E-state index is 0.0686. The third kappa shape index (κ3) is 3.06. The molecule has 104 valence electrons. The van der Waals surface area contributed by atoms with Crippen LogP contribution in [-0.4, -0.2) is 5.84 Å². The SMILES string of the molecule is Cc1cc(Cl)cc(C)c1Oc1cc(Cl)ccc1C(=N)N. The van der Waals surface area contributed by atoms with Gasteiger partial charge in [0.25, 0.3) is 0 Å². The van der Waals surface area contributed by atoms with Gasteiger partial charge in [0.2, 0.25) is 0 Å². The molecule has 0 aliphatic rings. The van der Waals surface area contributed by atoms with Crippen molar-refractivity contribution in [3.63, 3.8) is 0 Å². The van der Waals surface area contributed by atoms with Crippen molar-refractivity contribution in [1.82, 2.24) is 0 Å². The summed E-state index contributed by atoms with van der Waals surface area (Å²) in [6.45, 7) is 3.82. The third-order valence-electron chi connectivity index (χ3n) is 2.87. The molecule has 0 aliphatic heterocycles. The fourth-order valence-corrected chi connectivity index (χ4v) is 2.46. The van der Waals surface area contributed by atoms with E-state index >= 15 is 0 Å². The first kappa shape index (κ1) is 14.7. The van der Waals surface area contributed by atoms with Gasteiger partial charge in [-0.25, -0.2) is 0 Å². The zero-order valence-corrected chi connectivity index (χ0v) is 12.6. The summed E-state index contributed by atoms with van der Waals surface area (Å²) in [5, 5.41) is 8.77. The molecule has 0 saturated heterocycles. The van der Waals surface area contributed by atoms with Crippen molar-refractivity contribution in [3.05, 3.63) is 57.1 Å². The van der Waals surface area contributed by atoms with Crippen LogP contribution in [0.4, 0.5) is 0 Å². The van der Waals surface area contributed by atoms with E-state index in [1.54, 1.807) is 18.2 Å². The second-order valence-electron chi connectivity index (χ2n) is 4.52. The Hall–Kier alpha value is -1.71. The highest BCUT2D eigenvalue weighted by Gasteiger charge is 2.12. The molecule has 0 aliphatic carbocycles. The lowest BCUT2D eigenvalue weighted by atomic mass is 10.1. The number of hydrogen-bond donors (Lipinski definition) is 2. The monoisotopic (exact) mass is 308 g/mol. The van der Waals surface area contributed by atoms with Gasteiger partial charge in [-0.3, -0.25) is 5.41 Å². The van der Waals surface area contributed by atoms with Gasteiger partial charge in [0.1, 0.15) is 17.3 Å². The van der Waals surface area contributed by atoms with E-state index in [0.29, 0.717) is 27.1 Å². The molecule has 0 unspecified atom stereocenters. The number of nitrogens with one attached hydrogen (secondary N) is 1. The lowest BCUT2D eigenvalue weighted by Gasteiger charge is -2.15. The molecule has 2 aromatic carbocycles. The molecular formula is C15H14Cl2N2O. The molecule has 3 N–H and O–H groups in total. The van der Waals surface area contributed by atoms with Crippen molar-refractivity contribution in [1.29, 1.82) is 5.41 Å². The molecule has 0 bridgehead atoms. The lowest BCUT2D eigenvalue weighted by molar-refractivity contribution is 0.474. The summed E-state index contributed by atoms with van der Waals surface area (Å²) in [6, 6.07) is 8.63. The number of nitrogen functional groups attached to an aromatic ring is 1. The van der Waals surface area contributed by atoms with Crippen LogP contribution in [0.15, 0.2) is 30.3 Å². The van der Waals surface area contributed by atoms with E-state index < -0.39 is 0 Å². The quantitative estimate of drug-likeness (QED) is 0.638. The molecule has 20 heavy (non-hydrogen) atoms. The highest BCUT2D eigenvalue weighted by Crippen LogP contribution is 2.34. The number of amidine groups is 1. The van der Waals surface area contributed by atoms with Crippen molar-refractivity contribution in [2.45, 2.75) is 13.8 Å². The Labute approximate surface area is 127 Å². The maximum atomic E-state index is 7.59. The van der Waals surface area contributed by atoms with E-state index in [2.05, 4.69) is 0 Å². The Morgan fingerprint density at radius 1 is 1.05 bits per heavy atom. The predicted octanol–water partition coefficient (Wildman–Crippen LogP) is 4.69. The predicted molar refractivity (Wildman–Crippen MR) is 83.5 cm³/mol. The Kier molecular flexibility index (Phi) is 4.21. The zero-order chi connectivity index (χ0) is 14.9. The summed E-state index contributed by atoms with van der Waals surface area (Å²) in [7, 11) is 0. The number of ether oxygens (including phenoxy) is 1. The first-order chi connectivity index (χ1) is 9.38. The smallest absolute Gasteiger partial charge is 0.139 e. The van der Waals surface area contributed by atoms with Crippen LogP contribution in [0.1, 0.15) is 16.7 Å². The molecular weight excluding hydrogens is 295 g/mol. The topological polar surface area (TPSA) is 59.1 Å². The third-order valence-corrected chi connectivity index (χ3v) is 3.32. The Morgan fingerprint density at radius 3 is 2.20 bits per heavy atom. The summed E-state index contributed by atoms with van der Waals surface area (Å²) in [5.74, 6) is 1.08. The molecule has 0 spiro atoms. The van der Waals surface area contributed by atoms with Gasteiger partial charge in [0.05, 0.1) is 5.56 Å². The number of rotatable bonds is 3. The van der Waals surface area contributed by atoms with Crippen LogP contribution in [-0.2, 0) is 0 Å². The molecule has 0 saturated carbocycles. The van der Waals surface area contributed by atoms with Crippen molar-refractivity contribution in [3.8, 4) is 11.5 Å². The van der Waals surface area contributed by atoms with Gasteiger partial charge in [-0.1, -0.05) is 23.2 Å². The largest absolute Gasteiger partial charge is 0.456 e. The fraction of sp³-hybridized carbons (Fsp3) is 0.133. The van der Waals surface area contributed by atoms with Gasteiger partial charge in [-0.2, -0.15) is 0 Å². The normalized spacial score (nSPS) is 10.4. The second kappa shape index (κ2) is 5.73. The van der Waals surface area contributed by atoms with Gasteiger partial charge in [0, 0.05) is 16.1 Å². The van der Waals surface area contributed by atoms with Gasteiger partial charge >= 0.3 is 0 Å². The van der Waals surface area contributed by atoms with Crippen LogP contribution >= 0.6 is 23.2 Å². The van der Waals surface area contributed by atoms with E-state index in [1.165, 1.54) is 0 Å². The molecule has 0 amide bonds. The standard InChI is InChI=1S/C15H14Cl2N2O/c1-8-5-11(17)6-9(2)14(8)20-13-7-10(16)3-4-12(13)15(18)19/h3-7H,1-2H3,(H3,18,19). The van der Waals surface area contributed by atoms with Crippen molar-refractivity contribution in [2.75, 3.05) is 0 Å². The molecule has 2 rings (SSSR count). The molecule has 5 heteroatoms. The van der Waals surface area contributed by atoms with Crippen LogP contribution in [0.3, 0.4) is 0 Å². The first-order valence-electron chi connectivity index (χ1n) is 5.97. The van der Waals surface area contributed by atoms with E-state index in [-0.39, 0.29) is 5.84 Å². The highest BCUT2D eigenvalue weighted by atomic mass is 35.5. The average molecular weight is 309 g/mol. The minimum Gasteiger partial charge on any atom is -0.456 e. The van der Waals surface area contributed by atoms with Gasteiger partial charge in [-0.15, -0.1) is 0 Å². The van der Waals surface area contributed by atoms with E-state index in [1.807, 2.05) is 26.0 Å². The molecule has 0 fully saturated rings. The summed E-state index contributed by atoms with van der Waals surface area (Å²) < 4.78 is 5.90. The summed E-state index contributed by atoms with van der Waals surface area (Å²) >= 11 is 12.0. The van der Waals surface area contributed by atoms with Crippen molar-refractivity contribution >= 4 is 29.0 Å². The molecule has 2 aromatic rings. The van der Waals surface area contributed by atoms with Crippen LogP contribution in [0.25, 0.3) is 0 Å². The van der Waals surface area contributed by atoms with E-state index in [9.17, 15) is 0 Å². The number of nitrogens with two attached hydrogens (primary N) is 1.